The predicted molar refractivity (Wildman–Crippen MR) is 72.6 cm³/mol. The Kier molecular flexibility index (Phi) is 3.02. The second-order valence-electron chi connectivity index (χ2n) is 5.25. The van der Waals surface area contributed by atoms with Crippen molar-refractivity contribution < 1.29 is 4.74 Å². The van der Waals surface area contributed by atoms with E-state index in [4.69, 9.17) is 10.5 Å². The number of hydrogen-bond donors (Lipinski definition) is 1. The summed E-state index contributed by atoms with van der Waals surface area (Å²) >= 11 is 0. The summed E-state index contributed by atoms with van der Waals surface area (Å²) in [6.07, 6.45) is 1.51. The molecule has 98 valence electrons. The minimum absolute atomic E-state index is 0.174. The fourth-order valence-corrected chi connectivity index (χ4v) is 2.58. The molecule has 2 aromatic heterocycles. The van der Waals surface area contributed by atoms with Crippen LogP contribution in [0.1, 0.15) is 25.1 Å². The second kappa shape index (κ2) is 4.24. The van der Waals surface area contributed by atoms with Gasteiger partial charge in [-0.1, -0.05) is 0 Å². The van der Waals surface area contributed by atoms with Gasteiger partial charge in [0.15, 0.2) is 0 Å². The van der Waals surface area contributed by atoms with E-state index >= 15 is 0 Å². The van der Waals surface area contributed by atoms with E-state index in [9.17, 15) is 0 Å². The summed E-state index contributed by atoms with van der Waals surface area (Å²) in [4.78, 5) is 8.46. The van der Waals surface area contributed by atoms with Crippen LogP contribution in [0.25, 0.3) is 11.0 Å². The van der Waals surface area contributed by atoms with Crippen molar-refractivity contribution in [1.29, 1.82) is 0 Å². The maximum Gasteiger partial charge on any atom is 0.146 e. The highest BCUT2D eigenvalue weighted by Crippen LogP contribution is 2.32. The Labute approximate surface area is 107 Å². The van der Waals surface area contributed by atoms with E-state index < -0.39 is 0 Å². The van der Waals surface area contributed by atoms with Crippen molar-refractivity contribution in [3.05, 3.63) is 17.6 Å². The Bertz CT molecular complexity index is 586. The molecular formula is C13H20N4O. The molecule has 0 aromatic carbocycles. The lowest BCUT2D eigenvalue weighted by Gasteiger charge is -2.28. The van der Waals surface area contributed by atoms with Gasteiger partial charge in [0.2, 0.25) is 0 Å². The maximum absolute atomic E-state index is 5.96. The monoisotopic (exact) mass is 248 g/mol. The third-order valence-electron chi connectivity index (χ3n) is 3.42. The van der Waals surface area contributed by atoms with Gasteiger partial charge < -0.3 is 15.0 Å². The van der Waals surface area contributed by atoms with Crippen LogP contribution in [0.4, 0.5) is 5.82 Å². The van der Waals surface area contributed by atoms with Crippen molar-refractivity contribution in [3.63, 3.8) is 0 Å². The topological polar surface area (TPSA) is 66.0 Å². The molecule has 0 bridgehead atoms. The van der Waals surface area contributed by atoms with Crippen LogP contribution in [0, 0.1) is 13.8 Å². The van der Waals surface area contributed by atoms with Crippen LogP contribution in [-0.4, -0.2) is 28.3 Å². The Hall–Kier alpha value is -1.62. The molecule has 0 aliphatic rings. The van der Waals surface area contributed by atoms with Crippen LogP contribution in [0.2, 0.25) is 0 Å². The van der Waals surface area contributed by atoms with Gasteiger partial charge in [-0.2, -0.15) is 0 Å². The van der Waals surface area contributed by atoms with E-state index in [0.29, 0.717) is 12.4 Å². The fourth-order valence-electron chi connectivity index (χ4n) is 2.58. The van der Waals surface area contributed by atoms with Crippen molar-refractivity contribution in [2.75, 3.05) is 19.5 Å². The number of nitrogens with zero attached hydrogens (tertiary/aromatic N) is 3. The summed E-state index contributed by atoms with van der Waals surface area (Å²) in [5, 5.41) is 0.944. The highest BCUT2D eigenvalue weighted by molar-refractivity contribution is 5.91. The van der Waals surface area contributed by atoms with Crippen LogP contribution in [0.15, 0.2) is 6.33 Å². The highest BCUT2D eigenvalue weighted by Gasteiger charge is 2.27. The molecule has 0 aliphatic carbocycles. The zero-order valence-electron chi connectivity index (χ0n) is 11.6. The molecule has 2 aromatic rings. The van der Waals surface area contributed by atoms with Crippen LogP contribution in [-0.2, 0) is 10.3 Å². The van der Waals surface area contributed by atoms with Crippen LogP contribution < -0.4 is 5.73 Å². The molecule has 0 atom stereocenters. The lowest BCUT2D eigenvalue weighted by Crippen LogP contribution is -2.32. The van der Waals surface area contributed by atoms with Crippen molar-refractivity contribution in [2.24, 2.45) is 0 Å². The number of aromatic nitrogens is 3. The molecule has 5 nitrogen and oxygen atoms in total. The third-order valence-corrected chi connectivity index (χ3v) is 3.42. The molecule has 0 radical (unpaired) electrons. The number of rotatable bonds is 3. The molecule has 5 heteroatoms. The van der Waals surface area contributed by atoms with Gasteiger partial charge in [0.05, 0.1) is 17.5 Å². The zero-order chi connectivity index (χ0) is 13.5. The number of nitrogens with two attached hydrogens (primary N) is 1. The van der Waals surface area contributed by atoms with Crippen LogP contribution >= 0.6 is 0 Å². The fraction of sp³-hybridized carbons (Fsp3) is 0.538. The van der Waals surface area contributed by atoms with E-state index in [1.165, 1.54) is 6.33 Å². The first-order valence-corrected chi connectivity index (χ1v) is 5.97. The number of fused-ring (bicyclic) bond motifs is 1. The zero-order valence-corrected chi connectivity index (χ0v) is 11.6. The molecule has 0 aliphatic heterocycles. The van der Waals surface area contributed by atoms with Crippen LogP contribution in [0.5, 0.6) is 0 Å². The summed E-state index contributed by atoms with van der Waals surface area (Å²) in [7, 11) is 1.71. The average molecular weight is 248 g/mol. The molecule has 0 spiro atoms. The molecule has 0 amide bonds. The molecule has 2 N–H and O–H groups in total. The van der Waals surface area contributed by atoms with Crippen LogP contribution in [0.3, 0.4) is 0 Å². The summed E-state index contributed by atoms with van der Waals surface area (Å²) in [5.74, 6) is 0.535. The number of methoxy groups -OCH3 is 1. The molecule has 2 rings (SSSR count). The first kappa shape index (κ1) is 12.8. The number of aryl methyl sites for hydroxylation is 1. The lowest BCUT2D eigenvalue weighted by molar-refractivity contribution is 0.111. The second-order valence-corrected chi connectivity index (χ2v) is 5.25. The predicted octanol–water partition coefficient (Wildman–Crippen LogP) is 2.01. The van der Waals surface area contributed by atoms with Crippen molar-refractivity contribution >= 4 is 16.9 Å². The highest BCUT2D eigenvalue weighted by atomic mass is 16.5. The van der Waals surface area contributed by atoms with E-state index in [2.05, 4.69) is 42.2 Å². The third kappa shape index (κ3) is 1.75. The lowest BCUT2D eigenvalue weighted by atomic mass is 10.1. The van der Waals surface area contributed by atoms with Crippen molar-refractivity contribution in [3.8, 4) is 0 Å². The Morgan fingerprint density at radius 3 is 2.61 bits per heavy atom. The molecule has 2 heterocycles. The quantitative estimate of drug-likeness (QED) is 0.902. The number of nitrogen functional groups attached to an aromatic ring is 1. The van der Waals surface area contributed by atoms with Gasteiger partial charge in [0.1, 0.15) is 17.8 Å². The van der Waals surface area contributed by atoms with Gasteiger partial charge in [-0.15, -0.1) is 0 Å². The van der Waals surface area contributed by atoms with Gasteiger partial charge in [-0.25, -0.2) is 9.97 Å². The smallest absolute Gasteiger partial charge is 0.146 e. The molecule has 0 saturated heterocycles. The molecule has 18 heavy (non-hydrogen) atoms. The van der Waals surface area contributed by atoms with E-state index in [1.54, 1.807) is 7.11 Å². The molecule has 0 fully saturated rings. The normalized spacial score (nSPS) is 12.3. The average Bonchev–Trinajstić information content (AvgIpc) is 2.53. The van der Waals surface area contributed by atoms with Gasteiger partial charge in [0, 0.05) is 12.8 Å². The summed E-state index contributed by atoms with van der Waals surface area (Å²) < 4.78 is 7.49. The summed E-state index contributed by atoms with van der Waals surface area (Å²) in [6, 6.07) is 0. The summed E-state index contributed by atoms with van der Waals surface area (Å²) in [6.45, 7) is 8.99. The van der Waals surface area contributed by atoms with E-state index in [-0.39, 0.29) is 5.54 Å². The van der Waals surface area contributed by atoms with Gasteiger partial charge >= 0.3 is 0 Å². The first-order valence-electron chi connectivity index (χ1n) is 5.97. The maximum atomic E-state index is 5.96. The molecule has 0 saturated carbocycles. The number of ether oxygens (including phenoxy) is 1. The Balaban J connectivity index is 2.80. The number of anilines is 1. The standard InChI is InChI=1S/C13H20N4O/c1-8-9(2)17(13(3,4)6-18-5)12-10(8)11(14)15-7-16-12/h7H,6H2,1-5H3,(H2,14,15,16). The largest absolute Gasteiger partial charge is 0.383 e. The number of hydrogen-bond acceptors (Lipinski definition) is 4. The Morgan fingerprint density at radius 2 is 2.00 bits per heavy atom. The van der Waals surface area contributed by atoms with Gasteiger partial charge in [0.25, 0.3) is 0 Å². The van der Waals surface area contributed by atoms with Gasteiger partial charge in [-0.3, -0.25) is 0 Å². The van der Waals surface area contributed by atoms with Crippen molar-refractivity contribution in [2.45, 2.75) is 33.2 Å². The minimum atomic E-state index is -0.174. The first-order chi connectivity index (χ1) is 8.40. The van der Waals surface area contributed by atoms with Crippen molar-refractivity contribution in [1.82, 2.24) is 14.5 Å². The minimum Gasteiger partial charge on any atom is -0.383 e. The summed E-state index contributed by atoms with van der Waals surface area (Å²) in [5.41, 5.74) is 8.94. The molecule has 0 unspecified atom stereocenters. The SMILES string of the molecule is COCC(C)(C)n1c(C)c(C)c2c(N)ncnc21. The molecular weight excluding hydrogens is 228 g/mol. The van der Waals surface area contributed by atoms with Gasteiger partial charge in [-0.05, 0) is 33.3 Å². The van der Waals surface area contributed by atoms with E-state index in [0.717, 1.165) is 22.3 Å². The Morgan fingerprint density at radius 1 is 1.33 bits per heavy atom. The van der Waals surface area contributed by atoms with E-state index in [1.807, 2.05) is 0 Å².